The van der Waals surface area contributed by atoms with Gasteiger partial charge >= 0.3 is 0 Å². The molecule has 0 aromatic heterocycles. The predicted molar refractivity (Wildman–Crippen MR) is 115 cm³/mol. The molecule has 0 saturated carbocycles. The Balaban J connectivity index is 1.81. The first-order valence-corrected chi connectivity index (χ1v) is 12.0. The lowest BCUT2D eigenvalue weighted by molar-refractivity contribution is 0.301. The van der Waals surface area contributed by atoms with Crippen LogP contribution in [0.2, 0.25) is 0 Å². The number of likely N-dealkylation sites (tertiary alicyclic amines) is 1. The zero-order valence-electron chi connectivity index (χ0n) is 16.3. The van der Waals surface area contributed by atoms with Crippen LogP contribution in [0.3, 0.4) is 0 Å². The van der Waals surface area contributed by atoms with E-state index in [2.05, 4.69) is 11.0 Å². The fraction of sp³-hybridized carbons (Fsp3) is 0.318. The number of rotatable bonds is 4. The van der Waals surface area contributed by atoms with Gasteiger partial charge in [-0.2, -0.15) is 5.26 Å². The molecule has 150 valence electrons. The van der Waals surface area contributed by atoms with Gasteiger partial charge in [0.25, 0.3) is 10.0 Å². The second kappa shape index (κ2) is 8.23. The van der Waals surface area contributed by atoms with Crippen molar-refractivity contribution in [3.63, 3.8) is 0 Å². The number of benzene rings is 2. The van der Waals surface area contributed by atoms with Crippen LogP contribution in [-0.4, -0.2) is 30.1 Å². The molecule has 2 heterocycles. The van der Waals surface area contributed by atoms with Gasteiger partial charge in [0, 0.05) is 13.1 Å². The summed E-state index contributed by atoms with van der Waals surface area (Å²) in [5.41, 5.74) is 2.32. The summed E-state index contributed by atoms with van der Waals surface area (Å²) in [6, 6.07) is 18.0. The standard InChI is InChI=1S/C22H23N3O2S2/c1-17-10-12-19(13-11-17)29(26,27)25-21(18-8-4-2-5-9-18)20(16-23)22(28-25)24-14-6-3-7-15-24/h2,4-5,8-13,21H,3,6-7,14-15H2,1H3. The number of hydrogen-bond acceptors (Lipinski definition) is 5. The van der Waals surface area contributed by atoms with Gasteiger partial charge in [0.15, 0.2) is 0 Å². The largest absolute Gasteiger partial charge is 0.364 e. The third-order valence-electron chi connectivity index (χ3n) is 5.33. The Bertz CT molecular complexity index is 1050. The molecule has 4 rings (SSSR count). The Morgan fingerprint density at radius 2 is 1.66 bits per heavy atom. The van der Waals surface area contributed by atoms with E-state index in [1.54, 1.807) is 24.3 Å². The summed E-state index contributed by atoms with van der Waals surface area (Å²) in [7, 11) is -3.79. The number of nitrogens with zero attached hydrogens (tertiary/aromatic N) is 3. The molecule has 0 N–H and O–H groups in total. The highest BCUT2D eigenvalue weighted by molar-refractivity contribution is 8.11. The summed E-state index contributed by atoms with van der Waals surface area (Å²) in [6.07, 6.45) is 3.29. The molecule has 1 atom stereocenters. The molecule has 1 unspecified atom stereocenters. The van der Waals surface area contributed by atoms with Crippen LogP contribution in [0.15, 0.2) is 70.1 Å². The van der Waals surface area contributed by atoms with Crippen LogP contribution in [0.4, 0.5) is 0 Å². The van der Waals surface area contributed by atoms with E-state index >= 15 is 0 Å². The molecule has 0 bridgehead atoms. The van der Waals surface area contributed by atoms with Crippen molar-refractivity contribution in [2.75, 3.05) is 13.1 Å². The highest BCUT2D eigenvalue weighted by atomic mass is 32.3. The Morgan fingerprint density at radius 1 is 1.00 bits per heavy atom. The quantitative estimate of drug-likeness (QED) is 0.670. The smallest absolute Gasteiger partial charge is 0.253 e. The summed E-state index contributed by atoms with van der Waals surface area (Å²) in [5.74, 6) is 0. The monoisotopic (exact) mass is 425 g/mol. The zero-order chi connectivity index (χ0) is 20.4. The second-order valence-electron chi connectivity index (χ2n) is 7.36. The average Bonchev–Trinajstić information content (AvgIpc) is 3.16. The van der Waals surface area contributed by atoms with E-state index in [0.717, 1.165) is 42.1 Å². The fourth-order valence-corrected chi connectivity index (χ4v) is 6.88. The summed E-state index contributed by atoms with van der Waals surface area (Å²) < 4.78 is 28.6. The van der Waals surface area contributed by atoms with E-state index in [4.69, 9.17) is 0 Å². The van der Waals surface area contributed by atoms with Crippen molar-refractivity contribution in [1.82, 2.24) is 8.61 Å². The molecule has 0 aliphatic carbocycles. The summed E-state index contributed by atoms with van der Waals surface area (Å²) in [4.78, 5) is 2.42. The van der Waals surface area contributed by atoms with Crippen molar-refractivity contribution < 1.29 is 8.42 Å². The molecule has 0 amide bonds. The Kier molecular flexibility index (Phi) is 5.68. The van der Waals surface area contributed by atoms with Gasteiger partial charge < -0.3 is 4.90 Å². The lowest BCUT2D eigenvalue weighted by Gasteiger charge is -2.29. The van der Waals surface area contributed by atoms with Crippen LogP contribution >= 0.6 is 11.9 Å². The third kappa shape index (κ3) is 3.80. The second-order valence-corrected chi connectivity index (χ2v) is 10.4. The summed E-state index contributed by atoms with van der Waals surface area (Å²) in [5, 5.41) is 10.8. The van der Waals surface area contributed by atoms with Crippen LogP contribution in [0.5, 0.6) is 0 Å². The molecule has 29 heavy (non-hydrogen) atoms. The SMILES string of the molecule is Cc1ccc(S(=O)(=O)N2SC(N3CCCCC3)=C(C#N)C2c2ccccc2)cc1. The maximum absolute atomic E-state index is 13.6. The summed E-state index contributed by atoms with van der Waals surface area (Å²) in [6.45, 7) is 3.64. The van der Waals surface area contributed by atoms with Gasteiger partial charge in [-0.25, -0.2) is 8.42 Å². The van der Waals surface area contributed by atoms with Gasteiger partial charge in [-0.15, -0.1) is 3.71 Å². The molecule has 7 heteroatoms. The van der Waals surface area contributed by atoms with Crippen molar-refractivity contribution >= 4 is 22.0 Å². The van der Waals surface area contributed by atoms with E-state index in [1.165, 1.54) is 22.1 Å². The van der Waals surface area contributed by atoms with Crippen LogP contribution in [0, 0.1) is 18.3 Å². The first-order chi connectivity index (χ1) is 14.0. The van der Waals surface area contributed by atoms with Crippen LogP contribution in [0.25, 0.3) is 0 Å². The predicted octanol–water partition coefficient (Wildman–Crippen LogP) is 4.61. The number of sulfonamides is 1. The highest BCUT2D eigenvalue weighted by Gasteiger charge is 2.44. The van der Waals surface area contributed by atoms with Crippen molar-refractivity contribution in [1.29, 1.82) is 5.26 Å². The number of nitriles is 1. The van der Waals surface area contributed by atoms with Crippen molar-refractivity contribution in [3.05, 3.63) is 76.3 Å². The Morgan fingerprint density at radius 3 is 2.28 bits per heavy atom. The average molecular weight is 426 g/mol. The molecule has 5 nitrogen and oxygen atoms in total. The van der Waals surface area contributed by atoms with Gasteiger partial charge in [0.1, 0.15) is 5.03 Å². The zero-order valence-corrected chi connectivity index (χ0v) is 17.9. The molecule has 2 aliphatic rings. The highest BCUT2D eigenvalue weighted by Crippen LogP contribution is 2.50. The van der Waals surface area contributed by atoms with Gasteiger partial charge in [-0.05, 0) is 55.8 Å². The molecule has 2 aromatic rings. The molecule has 0 spiro atoms. The minimum absolute atomic E-state index is 0.244. The molecule has 2 aliphatic heterocycles. The van der Waals surface area contributed by atoms with Crippen molar-refractivity contribution in [3.8, 4) is 6.07 Å². The van der Waals surface area contributed by atoms with Crippen LogP contribution in [-0.2, 0) is 10.0 Å². The third-order valence-corrected chi connectivity index (χ3v) is 8.73. The number of hydrogen-bond donors (Lipinski definition) is 0. The number of piperidine rings is 1. The van der Waals surface area contributed by atoms with E-state index in [0.29, 0.717) is 5.57 Å². The van der Waals surface area contributed by atoms with E-state index in [-0.39, 0.29) is 4.90 Å². The van der Waals surface area contributed by atoms with Crippen molar-refractivity contribution in [2.24, 2.45) is 0 Å². The molecular formula is C22H23N3O2S2. The van der Waals surface area contributed by atoms with Gasteiger partial charge in [0.2, 0.25) is 0 Å². The van der Waals surface area contributed by atoms with Crippen LogP contribution in [0.1, 0.15) is 36.4 Å². The maximum Gasteiger partial charge on any atom is 0.253 e. The Labute approximate surface area is 176 Å². The minimum Gasteiger partial charge on any atom is -0.364 e. The van der Waals surface area contributed by atoms with Crippen LogP contribution < -0.4 is 0 Å². The maximum atomic E-state index is 13.6. The van der Waals surface area contributed by atoms with E-state index in [9.17, 15) is 13.7 Å². The van der Waals surface area contributed by atoms with Gasteiger partial charge in [-0.1, -0.05) is 48.0 Å². The first kappa shape index (κ1) is 20.0. The first-order valence-electron chi connectivity index (χ1n) is 9.75. The Hall–Kier alpha value is -2.27. The van der Waals surface area contributed by atoms with Gasteiger partial charge in [-0.3, -0.25) is 0 Å². The topological polar surface area (TPSA) is 64.4 Å². The molecule has 0 radical (unpaired) electrons. The van der Waals surface area contributed by atoms with E-state index in [1.807, 2.05) is 37.3 Å². The number of aryl methyl sites for hydroxylation is 1. The lowest BCUT2D eigenvalue weighted by Crippen LogP contribution is -2.29. The molecule has 2 aromatic carbocycles. The normalized spacial score (nSPS) is 20.7. The molecular weight excluding hydrogens is 402 g/mol. The molecule has 1 saturated heterocycles. The fourth-order valence-electron chi connectivity index (χ4n) is 3.77. The van der Waals surface area contributed by atoms with Gasteiger partial charge in [0.05, 0.1) is 22.6 Å². The summed E-state index contributed by atoms with van der Waals surface area (Å²) >= 11 is 1.19. The minimum atomic E-state index is -3.79. The van der Waals surface area contributed by atoms with E-state index < -0.39 is 16.1 Å². The lowest BCUT2D eigenvalue weighted by atomic mass is 10.0. The molecule has 1 fully saturated rings. The van der Waals surface area contributed by atoms with Crippen molar-refractivity contribution in [2.45, 2.75) is 37.1 Å².